The first kappa shape index (κ1) is 12.4. The molecule has 1 amide bonds. The summed E-state index contributed by atoms with van der Waals surface area (Å²) in [6.45, 7) is 1.54. The van der Waals surface area contributed by atoms with Crippen LogP contribution in [0.5, 0.6) is 0 Å². The van der Waals surface area contributed by atoms with Gasteiger partial charge in [-0.1, -0.05) is 0 Å². The molecule has 0 spiro atoms. The van der Waals surface area contributed by atoms with Crippen molar-refractivity contribution >= 4 is 23.0 Å². The van der Waals surface area contributed by atoms with Gasteiger partial charge >= 0.3 is 0 Å². The van der Waals surface area contributed by atoms with Gasteiger partial charge in [-0.25, -0.2) is 4.52 Å². The van der Waals surface area contributed by atoms with Gasteiger partial charge in [0.05, 0.1) is 23.5 Å². The number of carbonyl (C=O) groups excluding carboxylic acids is 1. The Morgan fingerprint density at radius 2 is 2.16 bits per heavy atom. The lowest BCUT2D eigenvalue weighted by Gasteiger charge is -2.30. The van der Waals surface area contributed by atoms with Crippen molar-refractivity contribution in [3.63, 3.8) is 0 Å². The van der Waals surface area contributed by atoms with Crippen LogP contribution in [-0.2, 0) is 0 Å². The van der Waals surface area contributed by atoms with E-state index in [2.05, 4.69) is 10.1 Å². The SMILES string of the molecule is O=C(c1cnn2ccncc12)N1CCC(CCl)CC1. The molecule has 0 aliphatic carbocycles. The van der Waals surface area contributed by atoms with Gasteiger partial charge in [-0.2, -0.15) is 5.10 Å². The van der Waals surface area contributed by atoms with E-state index in [-0.39, 0.29) is 5.91 Å². The van der Waals surface area contributed by atoms with Crippen molar-refractivity contribution in [1.29, 1.82) is 0 Å². The van der Waals surface area contributed by atoms with E-state index in [0.29, 0.717) is 17.4 Å². The maximum atomic E-state index is 12.5. The average molecular weight is 279 g/mol. The monoisotopic (exact) mass is 278 g/mol. The Kier molecular flexibility index (Phi) is 3.38. The molecule has 0 saturated carbocycles. The molecule has 1 aliphatic rings. The van der Waals surface area contributed by atoms with E-state index >= 15 is 0 Å². The van der Waals surface area contributed by atoms with E-state index in [1.807, 2.05) is 4.90 Å². The summed E-state index contributed by atoms with van der Waals surface area (Å²) in [5, 5.41) is 4.17. The summed E-state index contributed by atoms with van der Waals surface area (Å²) >= 11 is 5.86. The Balaban J connectivity index is 1.81. The van der Waals surface area contributed by atoms with Gasteiger partial charge < -0.3 is 4.90 Å². The molecule has 1 saturated heterocycles. The standard InChI is InChI=1S/C13H15ClN4O/c14-7-10-1-4-17(5-2-10)13(19)11-8-16-18-6-3-15-9-12(11)18/h3,6,8-10H,1-2,4-5,7H2. The van der Waals surface area contributed by atoms with Gasteiger partial charge in [0.15, 0.2) is 0 Å². The Morgan fingerprint density at radius 1 is 1.37 bits per heavy atom. The zero-order valence-corrected chi connectivity index (χ0v) is 11.3. The van der Waals surface area contributed by atoms with Crippen LogP contribution in [-0.4, -0.2) is 44.4 Å². The first-order valence-corrected chi connectivity index (χ1v) is 6.95. The second-order valence-corrected chi connectivity index (χ2v) is 5.16. The lowest BCUT2D eigenvalue weighted by Crippen LogP contribution is -2.38. The van der Waals surface area contributed by atoms with Crippen molar-refractivity contribution in [1.82, 2.24) is 19.5 Å². The molecule has 3 heterocycles. The van der Waals surface area contributed by atoms with Crippen LogP contribution in [0.3, 0.4) is 0 Å². The highest BCUT2D eigenvalue weighted by Gasteiger charge is 2.25. The number of nitrogens with zero attached hydrogens (tertiary/aromatic N) is 4. The van der Waals surface area contributed by atoms with Crippen molar-refractivity contribution in [3.8, 4) is 0 Å². The van der Waals surface area contributed by atoms with Crippen LogP contribution in [0, 0.1) is 5.92 Å². The summed E-state index contributed by atoms with van der Waals surface area (Å²) in [6.07, 6.45) is 8.64. The van der Waals surface area contributed by atoms with Crippen LogP contribution in [0.15, 0.2) is 24.8 Å². The van der Waals surface area contributed by atoms with E-state index in [9.17, 15) is 4.79 Å². The van der Waals surface area contributed by atoms with E-state index in [1.54, 1.807) is 29.3 Å². The highest BCUT2D eigenvalue weighted by atomic mass is 35.5. The Bertz CT molecular complexity index is 589. The number of piperidine rings is 1. The normalized spacial score (nSPS) is 17.0. The second-order valence-electron chi connectivity index (χ2n) is 4.85. The van der Waals surface area contributed by atoms with Crippen LogP contribution < -0.4 is 0 Å². The van der Waals surface area contributed by atoms with Gasteiger partial charge in [0.2, 0.25) is 0 Å². The fraction of sp³-hybridized carbons (Fsp3) is 0.462. The van der Waals surface area contributed by atoms with Gasteiger partial charge in [-0.15, -0.1) is 11.6 Å². The quantitative estimate of drug-likeness (QED) is 0.788. The summed E-state index contributed by atoms with van der Waals surface area (Å²) < 4.78 is 1.67. The molecule has 0 bridgehead atoms. The zero-order valence-electron chi connectivity index (χ0n) is 10.5. The molecule has 2 aromatic heterocycles. The fourth-order valence-corrected chi connectivity index (χ4v) is 2.77. The molecule has 100 valence electrons. The van der Waals surface area contributed by atoms with Crippen LogP contribution in [0.1, 0.15) is 23.2 Å². The molecule has 0 N–H and O–H groups in total. The molecule has 3 rings (SSSR count). The van der Waals surface area contributed by atoms with Crippen molar-refractivity contribution < 1.29 is 4.79 Å². The topological polar surface area (TPSA) is 50.5 Å². The van der Waals surface area contributed by atoms with E-state index in [0.717, 1.165) is 31.4 Å². The van der Waals surface area contributed by atoms with Gasteiger partial charge in [0.25, 0.3) is 5.91 Å². The highest BCUT2D eigenvalue weighted by Crippen LogP contribution is 2.21. The van der Waals surface area contributed by atoms with E-state index < -0.39 is 0 Å². The number of fused-ring (bicyclic) bond motifs is 1. The summed E-state index contributed by atoms with van der Waals surface area (Å²) in [5.41, 5.74) is 1.38. The summed E-state index contributed by atoms with van der Waals surface area (Å²) in [5.74, 6) is 1.26. The average Bonchev–Trinajstić information content (AvgIpc) is 2.90. The third kappa shape index (κ3) is 2.30. The Morgan fingerprint density at radius 3 is 2.89 bits per heavy atom. The number of hydrogen-bond donors (Lipinski definition) is 0. The number of rotatable bonds is 2. The second kappa shape index (κ2) is 5.17. The van der Waals surface area contributed by atoms with Crippen LogP contribution in [0.4, 0.5) is 0 Å². The molecule has 19 heavy (non-hydrogen) atoms. The smallest absolute Gasteiger partial charge is 0.257 e. The molecular weight excluding hydrogens is 264 g/mol. The number of aromatic nitrogens is 3. The number of amides is 1. The fourth-order valence-electron chi connectivity index (χ4n) is 2.46. The largest absolute Gasteiger partial charge is 0.339 e. The van der Waals surface area contributed by atoms with Gasteiger partial charge in [0.1, 0.15) is 0 Å². The highest BCUT2D eigenvalue weighted by molar-refractivity contribution is 6.18. The minimum Gasteiger partial charge on any atom is -0.339 e. The predicted molar refractivity (Wildman–Crippen MR) is 72.3 cm³/mol. The van der Waals surface area contributed by atoms with Gasteiger partial charge in [-0.05, 0) is 18.8 Å². The van der Waals surface area contributed by atoms with Crippen molar-refractivity contribution in [2.45, 2.75) is 12.8 Å². The van der Waals surface area contributed by atoms with Gasteiger partial charge in [0, 0.05) is 31.4 Å². The van der Waals surface area contributed by atoms with Crippen molar-refractivity contribution in [2.24, 2.45) is 5.92 Å². The van der Waals surface area contributed by atoms with Crippen molar-refractivity contribution in [3.05, 3.63) is 30.4 Å². The third-order valence-corrected chi connectivity index (χ3v) is 4.11. The van der Waals surface area contributed by atoms with Gasteiger partial charge in [-0.3, -0.25) is 9.78 Å². The Hall–Kier alpha value is -1.62. The van der Waals surface area contributed by atoms with Crippen LogP contribution >= 0.6 is 11.6 Å². The maximum Gasteiger partial charge on any atom is 0.257 e. The minimum absolute atomic E-state index is 0.0380. The molecule has 0 radical (unpaired) electrons. The molecular formula is C13H15ClN4O. The molecule has 6 heteroatoms. The predicted octanol–water partition coefficient (Wildman–Crippen LogP) is 1.82. The van der Waals surface area contributed by atoms with E-state index in [4.69, 9.17) is 11.6 Å². The molecule has 2 aromatic rings. The molecule has 1 fully saturated rings. The number of likely N-dealkylation sites (tertiary alicyclic amines) is 1. The minimum atomic E-state index is 0.0380. The summed E-state index contributed by atoms with van der Waals surface area (Å²) in [6, 6.07) is 0. The summed E-state index contributed by atoms with van der Waals surface area (Å²) in [7, 11) is 0. The van der Waals surface area contributed by atoms with Crippen LogP contribution in [0.2, 0.25) is 0 Å². The maximum absolute atomic E-state index is 12.5. The molecule has 5 nitrogen and oxygen atoms in total. The first-order chi connectivity index (χ1) is 9.29. The lowest BCUT2D eigenvalue weighted by molar-refractivity contribution is 0.0700. The molecule has 0 aromatic carbocycles. The lowest BCUT2D eigenvalue weighted by atomic mass is 9.98. The first-order valence-electron chi connectivity index (χ1n) is 6.42. The molecule has 1 aliphatic heterocycles. The number of halogens is 1. The third-order valence-electron chi connectivity index (χ3n) is 3.68. The number of carbonyl (C=O) groups is 1. The van der Waals surface area contributed by atoms with E-state index in [1.165, 1.54) is 0 Å². The van der Waals surface area contributed by atoms with Crippen molar-refractivity contribution in [2.75, 3.05) is 19.0 Å². The molecule has 0 unspecified atom stereocenters. The Labute approximate surface area is 116 Å². The zero-order chi connectivity index (χ0) is 13.2. The summed E-state index contributed by atoms with van der Waals surface area (Å²) in [4.78, 5) is 18.4. The number of alkyl halides is 1. The number of hydrogen-bond acceptors (Lipinski definition) is 3. The molecule has 0 atom stereocenters. The van der Waals surface area contributed by atoms with Crippen LogP contribution in [0.25, 0.3) is 5.52 Å².